The first-order valence-electron chi connectivity index (χ1n) is 2.87. The quantitative estimate of drug-likeness (QED) is 0.673. The molecule has 0 aromatic carbocycles. The van der Waals surface area contributed by atoms with Crippen LogP contribution in [-0.2, 0) is 4.74 Å². The molecule has 1 heterocycles. The van der Waals surface area contributed by atoms with Crippen molar-refractivity contribution in [3.8, 4) is 0 Å². The van der Waals surface area contributed by atoms with Gasteiger partial charge < -0.3 is 9.26 Å². The topological polar surface area (TPSA) is 52.3 Å². The number of ether oxygens (including phenoxy) is 1. The number of hydrogen-bond donors (Lipinski definition) is 0. The Kier molecular flexibility index (Phi) is 2.28. The molecular formula is C6H6BrNO3. The van der Waals surface area contributed by atoms with Crippen LogP contribution in [0.25, 0.3) is 0 Å². The van der Waals surface area contributed by atoms with E-state index in [9.17, 15) is 4.79 Å². The van der Waals surface area contributed by atoms with Crippen molar-refractivity contribution in [3.63, 3.8) is 0 Å². The Labute approximate surface area is 71.6 Å². The molecule has 0 saturated heterocycles. The van der Waals surface area contributed by atoms with E-state index in [-0.39, 0.29) is 0 Å². The Bertz CT molecular complexity index is 262. The molecule has 0 bridgehead atoms. The second kappa shape index (κ2) is 3.04. The lowest BCUT2D eigenvalue weighted by molar-refractivity contribution is 0.0598. The zero-order valence-electron chi connectivity index (χ0n) is 6.05. The maximum Gasteiger partial charge on any atom is 0.344 e. The molecule has 0 N–H and O–H groups in total. The van der Waals surface area contributed by atoms with Crippen molar-refractivity contribution in [2.75, 3.05) is 7.11 Å². The van der Waals surface area contributed by atoms with Gasteiger partial charge in [-0.25, -0.2) is 4.79 Å². The third-order valence-corrected chi connectivity index (χ3v) is 1.75. The molecule has 0 atom stereocenters. The van der Waals surface area contributed by atoms with Crippen LogP contribution in [-0.4, -0.2) is 18.2 Å². The standard InChI is InChI=1S/C6H6BrNO3/c1-3-4(6(9)10-2)5(7)11-8-3/h1-2H3. The Morgan fingerprint density at radius 2 is 2.36 bits per heavy atom. The lowest BCUT2D eigenvalue weighted by Crippen LogP contribution is -2.02. The van der Waals surface area contributed by atoms with Crippen molar-refractivity contribution in [2.45, 2.75) is 6.92 Å². The lowest BCUT2D eigenvalue weighted by atomic mass is 10.3. The molecule has 0 aliphatic carbocycles. The summed E-state index contributed by atoms with van der Waals surface area (Å²) in [6.45, 7) is 1.67. The number of aromatic nitrogens is 1. The maximum atomic E-state index is 11.0. The van der Waals surface area contributed by atoms with E-state index in [1.54, 1.807) is 6.92 Å². The third kappa shape index (κ3) is 1.42. The van der Waals surface area contributed by atoms with Crippen molar-refractivity contribution in [1.29, 1.82) is 0 Å². The average Bonchev–Trinajstić information content (AvgIpc) is 2.30. The summed E-state index contributed by atoms with van der Waals surface area (Å²) >= 11 is 3.03. The van der Waals surface area contributed by atoms with Gasteiger partial charge in [-0.3, -0.25) is 0 Å². The first-order chi connectivity index (χ1) is 5.16. The van der Waals surface area contributed by atoms with E-state index in [4.69, 9.17) is 0 Å². The van der Waals surface area contributed by atoms with Crippen LogP contribution in [0, 0.1) is 6.92 Å². The number of methoxy groups -OCH3 is 1. The van der Waals surface area contributed by atoms with Crippen molar-refractivity contribution in [3.05, 3.63) is 15.9 Å². The highest BCUT2D eigenvalue weighted by Crippen LogP contribution is 2.19. The molecule has 11 heavy (non-hydrogen) atoms. The summed E-state index contributed by atoms with van der Waals surface area (Å²) in [6, 6.07) is 0. The molecule has 5 heteroatoms. The van der Waals surface area contributed by atoms with Gasteiger partial charge in [0.25, 0.3) is 0 Å². The Balaban J connectivity index is 3.10. The van der Waals surface area contributed by atoms with Crippen LogP contribution < -0.4 is 0 Å². The minimum Gasteiger partial charge on any atom is -0.465 e. The predicted molar refractivity (Wildman–Crippen MR) is 40.3 cm³/mol. The molecule has 0 saturated carbocycles. The molecule has 0 spiro atoms. The van der Waals surface area contributed by atoms with Gasteiger partial charge in [-0.15, -0.1) is 0 Å². The van der Waals surface area contributed by atoms with E-state index in [1.807, 2.05) is 0 Å². The largest absolute Gasteiger partial charge is 0.465 e. The number of nitrogens with zero attached hydrogens (tertiary/aromatic N) is 1. The number of halogens is 1. The fourth-order valence-electron chi connectivity index (χ4n) is 0.672. The predicted octanol–water partition coefficient (Wildman–Crippen LogP) is 1.53. The molecule has 0 aliphatic heterocycles. The van der Waals surface area contributed by atoms with E-state index in [0.717, 1.165) is 0 Å². The van der Waals surface area contributed by atoms with Gasteiger partial charge in [0.1, 0.15) is 5.56 Å². The molecule has 0 fully saturated rings. The fraction of sp³-hybridized carbons (Fsp3) is 0.333. The Morgan fingerprint density at radius 1 is 1.73 bits per heavy atom. The highest BCUT2D eigenvalue weighted by atomic mass is 79.9. The number of rotatable bonds is 1. The van der Waals surface area contributed by atoms with E-state index < -0.39 is 5.97 Å². The van der Waals surface area contributed by atoms with Gasteiger partial charge in [0, 0.05) is 0 Å². The maximum absolute atomic E-state index is 11.0. The van der Waals surface area contributed by atoms with Gasteiger partial charge in [-0.2, -0.15) is 0 Å². The van der Waals surface area contributed by atoms with Gasteiger partial charge in [-0.1, -0.05) is 5.16 Å². The highest BCUT2D eigenvalue weighted by Gasteiger charge is 2.18. The van der Waals surface area contributed by atoms with Crippen LogP contribution in [0.15, 0.2) is 9.19 Å². The van der Waals surface area contributed by atoms with Gasteiger partial charge in [0.2, 0.25) is 4.67 Å². The smallest absolute Gasteiger partial charge is 0.344 e. The van der Waals surface area contributed by atoms with Crippen molar-refractivity contribution < 1.29 is 14.1 Å². The van der Waals surface area contributed by atoms with Gasteiger partial charge in [0.15, 0.2) is 0 Å². The van der Waals surface area contributed by atoms with Gasteiger partial charge >= 0.3 is 5.97 Å². The summed E-state index contributed by atoms with van der Waals surface area (Å²) in [5.74, 6) is -0.448. The molecule has 0 radical (unpaired) electrons. The summed E-state index contributed by atoms with van der Waals surface area (Å²) in [4.78, 5) is 11.0. The summed E-state index contributed by atoms with van der Waals surface area (Å²) in [7, 11) is 1.31. The summed E-state index contributed by atoms with van der Waals surface area (Å²) < 4.78 is 9.48. The van der Waals surface area contributed by atoms with Gasteiger partial charge in [-0.05, 0) is 22.9 Å². The fourth-order valence-corrected chi connectivity index (χ4v) is 1.19. The lowest BCUT2D eigenvalue weighted by Gasteiger charge is -1.93. The molecule has 60 valence electrons. The second-order valence-electron chi connectivity index (χ2n) is 1.91. The van der Waals surface area contributed by atoms with Crippen LogP contribution in [0.1, 0.15) is 16.1 Å². The molecular weight excluding hydrogens is 214 g/mol. The summed E-state index contributed by atoms with van der Waals surface area (Å²) in [6.07, 6.45) is 0. The van der Waals surface area contributed by atoms with E-state index in [2.05, 4.69) is 30.3 Å². The Morgan fingerprint density at radius 3 is 2.73 bits per heavy atom. The molecule has 1 rings (SSSR count). The molecule has 4 nitrogen and oxygen atoms in total. The Hall–Kier alpha value is -0.840. The van der Waals surface area contributed by atoms with Crippen LogP contribution >= 0.6 is 15.9 Å². The first-order valence-corrected chi connectivity index (χ1v) is 3.66. The van der Waals surface area contributed by atoms with Gasteiger partial charge in [0.05, 0.1) is 12.8 Å². The molecule has 0 unspecified atom stereocenters. The van der Waals surface area contributed by atoms with Crippen LogP contribution in [0.3, 0.4) is 0 Å². The number of aryl methyl sites for hydroxylation is 1. The number of hydrogen-bond acceptors (Lipinski definition) is 4. The SMILES string of the molecule is COC(=O)c1c(C)noc1Br. The van der Waals surface area contributed by atoms with Crippen LogP contribution in [0.5, 0.6) is 0 Å². The first kappa shape index (κ1) is 8.26. The number of carbonyl (C=O) groups excluding carboxylic acids is 1. The normalized spacial score (nSPS) is 9.73. The molecule has 0 aliphatic rings. The highest BCUT2D eigenvalue weighted by molar-refractivity contribution is 9.10. The monoisotopic (exact) mass is 219 g/mol. The van der Waals surface area contributed by atoms with E-state index >= 15 is 0 Å². The van der Waals surface area contributed by atoms with Crippen LogP contribution in [0.4, 0.5) is 0 Å². The average molecular weight is 220 g/mol. The van der Waals surface area contributed by atoms with Crippen LogP contribution in [0.2, 0.25) is 0 Å². The van der Waals surface area contributed by atoms with Crippen molar-refractivity contribution >= 4 is 21.9 Å². The summed E-state index contributed by atoms with van der Waals surface area (Å²) in [5.41, 5.74) is 0.858. The summed E-state index contributed by atoms with van der Waals surface area (Å²) in [5, 5.41) is 3.56. The van der Waals surface area contributed by atoms with Crippen molar-refractivity contribution in [2.24, 2.45) is 0 Å². The van der Waals surface area contributed by atoms with E-state index in [1.165, 1.54) is 7.11 Å². The number of carbonyl (C=O) groups is 1. The van der Waals surface area contributed by atoms with E-state index in [0.29, 0.717) is 15.9 Å². The minimum atomic E-state index is -0.448. The zero-order chi connectivity index (χ0) is 8.43. The third-order valence-electron chi connectivity index (χ3n) is 1.21. The van der Waals surface area contributed by atoms with Crippen molar-refractivity contribution in [1.82, 2.24) is 5.16 Å². The zero-order valence-corrected chi connectivity index (χ0v) is 7.64. The molecule has 1 aromatic rings. The molecule has 0 amide bonds. The minimum absolute atomic E-state index is 0.307. The molecule has 1 aromatic heterocycles. The number of esters is 1. The second-order valence-corrected chi connectivity index (χ2v) is 2.63.